The molecule has 0 atom stereocenters. The molecule has 2 nitrogen and oxygen atoms in total. The van der Waals surface area contributed by atoms with Crippen LogP contribution in [0.2, 0.25) is 5.02 Å². The Labute approximate surface area is 101 Å². The topological polar surface area (TPSA) is 27.8 Å². The summed E-state index contributed by atoms with van der Waals surface area (Å²) in [6.45, 7) is 5.28. The number of nitrogens with one attached hydrogen (secondary N) is 2. The van der Waals surface area contributed by atoms with E-state index in [2.05, 4.69) is 24.1 Å². The van der Waals surface area contributed by atoms with Crippen LogP contribution in [-0.2, 0) is 6.54 Å². The molecule has 0 bridgehead atoms. The molecule has 0 amide bonds. The van der Waals surface area contributed by atoms with E-state index in [1.807, 2.05) is 25.2 Å². The van der Waals surface area contributed by atoms with Gasteiger partial charge in [-0.25, -0.2) is 0 Å². The fourth-order valence-corrected chi connectivity index (χ4v) is 2.39. The first-order valence-corrected chi connectivity index (χ1v) is 5.96. The number of aromatic amines is 1. The number of rotatable bonds is 3. The van der Waals surface area contributed by atoms with Crippen LogP contribution in [0.4, 0.5) is 0 Å². The van der Waals surface area contributed by atoms with Crippen molar-refractivity contribution < 1.29 is 0 Å². The lowest BCUT2D eigenvalue weighted by Crippen LogP contribution is -2.07. The third kappa shape index (κ3) is 1.95. The van der Waals surface area contributed by atoms with E-state index >= 15 is 0 Å². The van der Waals surface area contributed by atoms with E-state index < -0.39 is 0 Å². The summed E-state index contributed by atoms with van der Waals surface area (Å²) in [7, 11) is 1.96. The van der Waals surface area contributed by atoms with Crippen molar-refractivity contribution in [2.24, 2.45) is 0 Å². The summed E-state index contributed by atoms with van der Waals surface area (Å²) in [5.41, 5.74) is 3.79. The Morgan fingerprint density at radius 2 is 2.12 bits per heavy atom. The minimum Gasteiger partial charge on any atom is -0.357 e. The molecule has 0 aliphatic carbocycles. The lowest BCUT2D eigenvalue weighted by molar-refractivity contribution is 0.765. The zero-order valence-electron chi connectivity index (χ0n) is 9.89. The molecule has 3 heteroatoms. The molecule has 0 saturated carbocycles. The lowest BCUT2D eigenvalue weighted by Gasteiger charge is -2.07. The molecule has 1 aromatic heterocycles. The number of fused-ring (bicyclic) bond motifs is 1. The zero-order valence-corrected chi connectivity index (χ0v) is 10.7. The Morgan fingerprint density at radius 1 is 1.38 bits per heavy atom. The van der Waals surface area contributed by atoms with Crippen LogP contribution in [0, 0.1) is 0 Å². The quantitative estimate of drug-likeness (QED) is 0.836. The van der Waals surface area contributed by atoms with Crippen molar-refractivity contribution >= 4 is 22.5 Å². The van der Waals surface area contributed by atoms with Gasteiger partial charge in [-0.05, 0) is 36.7 Å². The van der Waals surface area contributed by atoms with Gasteiger partial charge in [-0.3, -0.25) is 0 Å². The van der Waals surface area contributed by atoms with Gasteiger partial charge in [0.05, 0.1) is 0 Å². The summed E-state index contributed by atoms with van der Waals surface area (Å²) in [5, 5.41) is 5.23. The van der Waals surface area contributed by atoms with E-state index in [1.54, 1.807) is 0 Å². The molecule has 1 aromatic carbocycles. The van der Waals surface area contributed by atoms with Gasteiger partial charge >= 0.3 is 0 Å². The van der Waals surface area contributed by atoms with Gasteiger partial charge in [0.1, 0.15) is 0 Å². The SMILES string of the molecule is CNCc1[nH]c2ccc(Cl)cc2c1C(C)C. The fraction of sp³-hybridized carbons (Fsp3) is 0.385. The number of hydrogen-bond donors (Lipinski definition) is 2. The van der Waals surface area contributed by atoms with Crippen LogP contribution in [0.3, 0.4) is 0 Å². The smallest absolute Gasteiger partial charge is 0.0460 e. The van der Waals surface area contributed by atoms with Crippen LogP contribution < -0.4 is 5.32 Å². The predicted octanol–water partition coefficient (Wildman–Crippen LogP) is 3.66. The Bertz CT molecular complexity index is 500. The van der Waals surface area contributed by atoms with Crippen LogP contribution in [-0.4, -0.2) is 12.0 Å². The summed E-state index contributed by atoms with van der Waals surface area (Å²) in [5.74, 6) is 0.496. The Morgan fingerprint density at radius 3 is 2.75 bits per heavy atom. The highest BCUT2D eigenvalue weighted by atomic mass is 35.5. The lowest BCUT2D eigenvalue weighted by atomic mass is 9.99. The molecule has 0 spiro atoms. The van der Waals surface area contributed by atoms with Gasteiger partial charge in [-0.2, -0.15) is 0 Å². The molecule has 0 fully saturated rings. The van der Waals surface area contributed by atoms with Crippen LogP contribution in [0.15, 0.2) is 18.2 Å². The molecule has 86 valence electrons. The predicted molar refractivity (Wildman–Crippen MR) is 70.2 cm³/mol. The van der Waals surface area contributed by atoms with E-state index in [0.717, 1.165) is 11.6 Å². The normalized spacial score (nSPS) is 11.6. The monoisotopic (exact) mass is 236 g/mol. The minimum atomic E-state index is 0.496. The van der Waals surface area contributed by atoms with Crippen molar-refractivity contribution in [2.45, 2.75) is 26.3 Å². The largest absolute Gasteiger partial charge is 0.357 e. The molecule has 2 rings (SSSR count). The third-order valence-corrected chi connectivity index (χ3v) is 3.05. The van der Waals surface area contributed by atoms with Crippen LogP contribution in [0.5, 0.6) is 0 Å². The molecule has 16 heavy (non-hydrogen) atoms. The second kappa shape index (κ2) is 4.48. The van der Waals surface area contributed by atoms with E-state index in [0.29, 0.717) is 5.92 Å². The Kier molecular flexibility index (Phi) is 3.22. The van der Waals surface area contributed by atoms with Gasteiger partial charge in [-0.1, -0.05) is 25.4 Å². The van der Waals surface area contributed by atoms with Crippen molar-refractivity contribution in [3.63, 3.8) is 0 Å². The van der Waals surface area contributed by atoms with Crippen molar-refractivity contribution in [1.29, 1.82) is 0 Å². The van der Waals surface area contributed by atoms with Gasteiger partial charge in [0.2, 0.25) is 0 Å². The first kappa shape index (κ1) is 11.5. The van der Waals surface area contributed by atoms with Crippen molar-refractivity contribution in [3.8, 4) is 0 Å². The molecular formula is C13H17ClN2. The van der Waals surface area contributed by atoms with Crippen LogP contribution in [0.1, 0.15) is 31.0 Å². The molecule has 2 N–H and O–H groups in total. The fourth-order valence-electron chi connectivity index (χ4n) is 2.22. The Hall–Kier alpha value is -0.990. The van der Waals surface area contributed by atoms with E-state index in [-0.39, 0.29) is 0 Å². The number of aromatic nitrogens is 1. The van der Waals surface area contributed by atoms with Gasteiger partial charge in [0.25, 0.3) is 0 Å². The zero-order chi connectivity index (χ0) is 11.7. The minimum absolute atomic E-state index is 0.496. The summed E-state index contributed by atoms with van der Waals surface area (Å²) in [4.78, 5) is 3.45. The first-order valence-electron chi connectivity index (χ1n) is 5.58. The summed E-state index contributed by atoms with van der Waals surface area (Å²) in [6, 6.07) is 6.01. The average Bonchev–Trinajstić information content (AvgIpc) is 2.55. The summed E-state index contributed by atoms with van der Waals surface area (Å²) < 4.78 is 0. The standard InChI is InChI=1S/C13H17ClN2/c1-8(2)13-10-6-9(14)4-5-11(10)16-12(13)7-15-3/h4-6,8,15-16H,7H2,1-3H3. The van der Waals surface area contributed by atoms with Crippen molar-refractivity contribution in [1.82, 2.24) is 10.3 Å². The van der Waals surface area contributed by atoms with E-state index in [9.17, 15) is 0 Å². The van der Waals surface area contributed by atoms with Gasteiger partial charge in [0, 0.05) is 28.2 Å². The highest BCUT2D eigenvalue weighted by molar-refractivity contribution is 6.31. The summed E-state index contributed by atoms with van der Waals surface area (Å²) in [6.07, 6.45) is 0. The average molecular weight is 237 g/mol. The maximum Gasteiger partial charge on any atom is 0.0460 e. The molecule has 0 saturated heterocycles. The van der Waals surface area contributed by atoms with Crippen LogP contribution in [0.25, 0.3) is 10.9 Å². The molecule has 2 aromatic rings. The second-order valence-electron chi connectivity index (χ2n) is 4.39. The molecular weight excluding hydrogens is 220 g/mol. The highest BCUT2D eigenvalue weighted by Crippen LogP contribution is 2.30. The second-order valence-corrected chi connectivity index (χ2v) is 4.83. The van der Waals surface area contributed by atoms with E-state index in [4.69, 9.17) is 11.6 Å². The van der Waals surface area contributed by atoms with Crippen molar-refractivity contribution in [3.05, 3.63) is 34.5 Å². The Balaban J connectivity index is 2.67. The number of benzene rings is 1. The van der Waals surface area contributed by atoms with E-state index in [1.165, 1.54) is 22.2 Å². The molecule has 0 unspecified atom stereocenters. The molecule has 0 radical (unpaired) electrons. The summed E-state index contributed by atoms with van der Waals surface area (Å²) >= 11 is 6.05. The number of halogens is 1. The van der Waals surface area contributed by atoms with Gasteiger partial charge in [0.15, 0.2) is 0 Å². The third-order valence-electron chi connectivity index (χ3n) is 2.81. The van der Waals surface area contributed by atoms with Crippen molar-refractivity contribution in [2.75, 3.05) is 7.05 Å². The maximum absolute atomic E-state index is 6.05. The first-order chi connectivity index (χ1) is 7.63. The molecule has 1 heterocycles. The maximum atomic E-state index is 6.05. The molecule has 0 aliphatic rings. The van der Waals surface area contributed by atoms with Gasteiger partial charge in [-0.15, -0.1) is 0 Å². The van der Waals surface area contributed by atoms with Gasteiger partial charge < -0.3 is 10.3 Å². The number of H-pyrrole nitrogens is 1. The van der Waals surface area contributed by atoms with Crippen LogP contribution >= 0.6 is 11.6 Å². The number of hydrogen-bond acceptors (Lipinski definition) is 1. The molecule has 0 aliphatic heterocycles. The highest BCUT2D eigenvalue weighted by Gasteiger charge is 2.13.